The summed E-state index contributed by atoms with van der Waals surface area (Å²) < 4.78 is 26.7. The molecule has 2 aliphatic rings. The molecule has 2 atom stereocenters. The molecule has 1 aromatic heterocycles. The molecule has 12 heteroatoms. The number of halogens is 2. The second-order valence-electron chi connectivity index (χ2n) is 11.5. The first-order valence-electron chi connectivity index (χ1n) is 15.0. The van der Waals surface area contributed by atoms with Crippen LogP contribution < -0.4 is 25.6 Å². The van der Waals surface area contributed by atoms with Gasteiger partial charge in [-0.3, -0.25) is 10.0 Å². The van der Waals surface area contributed by atoms with Gasteiger partial charge in [-0.1, -0.05) is 25.0 Å². The Hall–Kier alpha value is -4.11. The summed E-state index contributed by atoms with van der Waals surface area (Å²) in [6, 6.07) is 13.9. The third-order valence-electron chi connectivity index (χ3n) is 8.51. The Bertz CT molecular complexity index is 1540. The number of piperidine rings is 1. The monoisotopic (exact) mass is 639 g/mol. The number of fused-ring (bicyclic) bond motifs is 2. The molecule has 10 nitrogen and oxygen atoms in total. The average Bonchev–Trinajstić information content (AvgIpc) is 3.30. The summed E-state index contributed by atoms with van der Waals surface area (Å²) in [6.07, 6.45) is 6.98. The van der Waals surface area contributed by atoms with Crippen LogP contribution in [0, 0.1) is 17.1 Å². The quantitative estimate of drug-likeness (QED) is 0.108. The Balaban J connectivity index is 0.00000461. The summed E-state index contributed by atoms with van der Waals surface area (Å²) in [5.74, 6) is 0.443. The van der Waals surface area contributed by atoms with Crippen molar-refractivity contribution in [3.63, 3.8) is 0 Å². The zero-order valence-electron chi connectivity index (χ0n) is 25.2. The lowest BCUT2D eigenvalue weighted by Gasteiger charge is -2.39. The number of carbonyl (C=O) groups is 1. The fraction of sp³-hybridized carbons (Fsp3) is 0.424. The summed E-state index contributed by atoms with van der Waals surface area (Å²) in [5.41, 5.74) is 10.1. The minimum atomic E-state index is -0.651. The van der Waals surface area contributed by atoms with Crippen LogP contribution in [0.1, 0.15) is 63.4 Å². The lowest BCUT2D eigenvalue weighted by atomic mass is 9.95. The summed E-state index contributed by atoms with van der Waals surface area (Å²) in [4.78, 5) is 18.7. The van der Waals surface area contributed by atoms with E-state index in [1.165, 1.54) is 19.2 Å². The largest absolute Gasteiger partial charge is 0.504 e. The number of phenolic OH excluding ortho intramolecular Hbond substituents is 1. The zero-order valence-corrected chi connectivity index (χ0v) is 26.0. The van der Waals surface area contributed by atoms with Crippen LogP contribution in [-0.2, 0) is 4.79 Å². The minimum absolute atomic E-state index is 0. The van der Waals surface area contributed by atoms with Crippen molar-refractivity contribution in [3.05, 3.63) is 53.8 Å². The van der Waals surface area contributed by atoms with Crippen LogP contribution in [-0.4, -0.2) is 53.0 Å². The van der Waals surface area contributed by atoms with Gasteiger partial charge < -0.3 is 25.2 Å². The van der Waals surface area contributed by atoms with Crippen molar-refractivity contribution in [2.45, 2.75) is 75.9 Å². The van der Waals surface area contributed by atoms with Gasteiger partial charge >= 0.3 is 0 Å². The topological polar surface area (TPSA) is 154 Å². The van der Waals surface area contributed by atoms with E-state index in [4.69, 9.17) is 25.4 Å². The second kappa shape index (κ2) is 15.3. The summed E-state index contributed by atoms with van der Waals surface area (Å²) in [6.45, 7) is 0.379. The molecule has 3 aromatic rings. The number of phenols is 1. The molecule has 0 saturated carbocycles. The van der Waals surface area contributed by atoms with E-state index in [2.05, 4.69) is 4.90 Å². The van der Waals surface area contributed by atoms with E-state index in [0.717, 1.165) is 50.8 Å². The maximum Gasteiger partial charge on any atom is 0.243 e. The zero-order chi connectivity index (χ0) is 31.2. The van der Waals surface area contributed by atoms with E-state index in [1.54, 1.807) is 29.7 Å². The van der Waals surface area contributed by atoms with Crippen LogP contribution in [0.2, 0.25) is 0 Å². The Morgan fingerprint density at radius 3 is 2.44 bits per heavy atom. The van der Waals surface area contributed by atoms with Crippen molar-refractivity contribution in [2.75, 3.05) is 18.6 Å². The van der Waals surface area contributed by atoms with Gasteiger partial charge in [0.25, 0.3) is 0 Å². The van der Waals surface area contributed by atoms with Crippen LogP contribution in [0.4, 0.5) is 10.2 Å². The lowest BCUT2D eigenvalue weighted by Crippen LogP contribution is -2.47. The number of hydroxylamine groups is 1. The first-order chi connectivity index (χ1) is 21.3. The number of methoxy groups -OCH3 is 1. The number of anilines is 1. The predicted molar refractivity (Wildman–Crippen MR) is 170 cm³/mol. The predicted octanol–water partition coefficient (Wildman–Crippen LogP) is 5.86. The van der Waals surface area contributed by atoms with E-state index in [0.29, 0.717) is 46.9 Å². The van der Waals surface area contributed by atoms with Crippen molar-refractivity contribution in [1.29, 1.82) is 5.26 Å². The van der Waals surface area contributed by atoms with Crippen LogP contribution in [0.5, 0.6) is 17.2 Å². The molecule has 3 heterocycles. The highest BCUT2D eigenvalue weighted by Gasteiger charge is 2.41. The number of carbonyl (C=O) groups excluding carboxylic acids is 1. The normalized spacial score (nSPS) is 18.6. The van der Waals surface area contributed by atoms with Crippen LogP contribution in [0.25, 0.3) is 22.4 Å². The standard InChI is InChI=1S/C33H38FN5O5.ClH/c1-43-28-12-9-20(15-27(28)40)32-29(44-13-5-3-2-4-6-31(41)38-42)18-30(39-24-10-11-25(39)17-23(36)16-24)37-33(32)21-7-8-22(19-35)26(34)14-21;/h7-9,12,14-15,18,23-25,40,42H,2-6,10-11,13,16-17,36H2,1H3,(H,38,41);1H. The number of nitrogens with zero attached hydrogens (tertiary/aromatic N) is 3. The molecule has 0 radical (unpaired) electrons. The number of unbranched alkanes of at least 4 members (excludes halogenated alkanes) is 3. The molecule has 0 spiro atoms. The molecule has 5 rings (SSSR count). The summed E-state index contributed by atoms with van der Waals surface area (Å²) in [5, 5.41) is 28.7. The highest BCUT2D eigenvalue weighted by atomic mass is 35.5. The van der Waals surface area contributed by atoms with Gasteiger partial charge in [-0.25, -0.2) is 14.9 Å². The molecule has 2 bridgehead atoms. The molecule has 45 heavy (non-hydrogen) atoms. The van der Waals surface area contributed by atoms with Gasteiger partial charge in [0.15, 0.2) is 11.5 Å². The van der Waals surface area contributed by atoms with Crippen LogP contribution in [0.15, 0.2) is 42.5 Å². The number of ether oxygens (including phenoxy) is 2. The van der Waals surface area contributed by atoms with Gasteiger partial charge in [-0.2, -0.15) is 5.26 Å². The maximum atomic E-state index is 15.0. The smallest absolute Gasteiger partial charge is 0.243 e. The molecule has 240 valence electrons. The molecule has 1 amide bonds. The Kier molecular flexibility index (Phi) is 11.4. The number of benzene rings is 2. The van der Waals surface area contributed by atoms with E-state index >= 15 is 0 Å². The van der Waals surface area contributed by atoms with Crippen molar-refractivity contribution in [1.82, 2.24) is 10.5 Å². The number of rotatable bonds is 12. The molecule has 5 N–H and O–H groups in total. The van der Waals surface area contributed by atoms with Crippen molar-refractivity contribution >= 4 is 24.1 Å². The lowest BCUT2D eigenvalue weighted by molar-refractivity contribution is -0.129. The summed E-state index contributed by atoms with van der Waals surface area (Å²) in [7, 11) is 1.47. The molecule has 2 fully saturated rings. The van der Waals surface area contributed by atoms with E-state index in [1.807, 2.05) is 12.1 Å². The third-order valence-corrected chi connectivity index (χ3v) is 8.51. The van der Waals surface area contributed by atoms with E-state index in [-0.39, 0.29) is 48.3 Å². The molecule has 2 aromatic carbocycles. The van der Waals surface area contributed by atoms with Crippen LogP contribution >= 0.6 is 12.4 Å². The number of nitriles is 1. The molecular formula is C33H39ClFN5O5. The van der Waals surface area contributed by atoms with Crippen LogP contribution in [0.3, 0.4) is 0 Å². The molecular weight excluding hydrogens is 601 g/mol. The van der Waals surface area contributed by atoms with Crippen molar-refractivity contribution in [2.24, 2.45) is 5.73 Å². The summed E-state index contributed by atoms with van der Waals surface area (Å²) >= 11 is 0. The number of hydrogen-bond acceptors (Lipinski definition) is 9. The number of nitrogens with one attached hydrogen (secondary N) is 1. The molecule has 0 aliphatic carbocycles. The van der Waals surface area contributed by atoms with E-state index in [9.17, 15) is 19.6 Å². The average molecular weight is 640 g/mol. The SMILES string of the molecule is COc1ccc(-c2c(OCCCCCCC(=O)NO)cc(N3C4CCC3CC(N)C4)nc2-c2ccc(C#N)c(F)c2)cc1O.Cl. The highest BCUT2D eigenvalue weighted by molar-refractivity contribution is 5.88. The molecule has 2 aliphatic heterocycles. The Morgan fingerprint density at radius 1 is 1.09 bits per heavy atom. The Labute approximate surface area is 268 Å². The van der Waals surface area contributed by atoms with Gasteiger partial charge in [0.1, 0.15) is 23.5 Å². The molecule has 2 saturated heterocycles. The maximum absolute atomic E-state index is 15.0. The number of hydrogen-bond donors (Lipinski definition) is 4. The number of nitrogens with two attached hydrogens (primary N) is 1. The second-order valence-corrected chi connectivity index (χ2v) is 11.5. The fourth-order valence-corrected chi connectivity index (χ4v) is 6.41. The van der Waals surface area contributed by atoms with Gasteiger partial charge in [0.05, 0.1) is 30.5 Å². The number of pyridine rings is 1. The number of aromatic nitrogens is 1. The first kappa shape index (κ1) is 33.8. The third kappa shape index (κ3) is 7.59. The number of amides is 1. The van der Waals surface area contributed by atoms with Crippen molar-refractivity contribution < 1.29 is 29.0 Å². The Morgan fingerprint density at radius 2 is 1.80 bits per heavy atom. The number of aromatic hydroxyl groups is 1. The molecule has 2 unspecified atom stereocenters. The van der Waals surface area contributed by atoms with Gasteiger partial charge in [0, 0.05) is 36.2 Å². The minimum Gasteiger partial charge on any atom is -0.504 e. The first-order valence-corrected chi connectivity index (χ1v) is 15.0. The highest BCUT2D eigenvalue weighted by Crippen LogP contribution is 2.46. The van der Waals surface area contributed by atoms with Crippen molar-refractivity contribution in [3.8, 4) is 45.7 Å². The van der Waals surface area contributed by atoms with E-state index < -0.39 is 11.7 Å². The van der Waals surface area contributed by atoms with Gasteiger partial charge in [-0.15, -0.1) is 12.4 Å². The van der Waals surface area contributed by atoms with Gasteiger partial charge in [-0.05, 0) is 68.4 Å². The fourth-order valence-electron chi connectivity index (χ4n) is 6.41. The van der Waals surface area contributed by atoms with Gasteiger partial charge in [0.2, 0.25) is 5.91 Å².